The number of esters is 1. The van der Waals surface area contributed by atoms with Gasteiger partial charge in [0.1, 0.15) is 5.75 Å². The summed E-state index contributed by atoms with van der Waals surface area (Å²) in [7, 11) is 3.15. The highest BCUT2D eigenvalue weighted by Gasteiger charge is 2.47. The Morgan fingerprint density at radius 2 is 1.94 bits per heavy atom. The van der Waals surface area contributed by atoms with Crippen molar-refractivity contribution in [3.8, 4) is 5.75 Å². The molecule has 0 bridgehead atoms. The van der Waals surface area contributed by atoms with Gasteiger partial charge < -0.3 is 18.8 Å². The standard InChI is InChI=1S/C23H25N3O5/c1-4-31-22(28)19-20(15-8-7-9-16(14-15)30-3)26-18-11-6-5-10-17(18)24-23(26)25(21(19)27)12-13-29-2/h5-11,14,19-20H,4,12-13H2,1-3H3/t19-,20-/m0/s1. The number of ether oxygens (including phenoxy) is 3. The van der Waals surface area contributed by atoms with Gasteiger partial charge in [-0.05, 0) is 36.8 Å². The Balaban J connectivity index is 1.98. The number of imidazole rings is 1. The van der Waals surface area contributed by atoms with Crippen molar-refractivity contribution in [2.75, 3.05) is 38.9 Å². The lowest BCUT2D eigenvalue weighted by Gasteiger charge is -2.37. The predicted molar refractivity (Wildman–Crippen MR) is 115 cm³/mol. The van der Waals surface area contributed by atoms with E-state index in [1.165, 1.54) is 4.90 Å². The molecule has 1 aromatic heterocycles. The Morgan fingerprint density at radius 3 is 2.68 bits per heavy atom. The summed E-state index contributed by atoms with van der Waals surface area (Å²) in [6.07, 6.45) is 0. The van der Waals surface area contributed by atoms with Crippen LogP contribution in [0.2, 0.25) is 0 Å². The van der Waals surface area contributed by atoms with Gasteiger partial charge in [0.15, 0.2) is 5.92 Å². The molecule has 2 atom stereocenters. The number of benzene rings is 2. The van der Waals surface area contributed by atoms with Crippen molar-refractivity contribution in [2.24, 2.45) is 5.92 Å². The highest BCUT2D eigenvalue weighted by atomic mass is 16.5. The highest BCUT2D eigenvalue weighted by Crippen LogP contribution is 2.41. The van der Waals surface area contributed by atoms with Crippen LogP contribution in [0.25, 0.3) is 11.0 Å². The molecule has 8 heteroatoms. The second kappa shape index (κ2) is 8.77. The molecule has 2 aromatic carbocycles. The Morgan fingerprint density at radius 1 is 1.13 bits per heavy atom. The maximum Gasteiger partial charge on any atom is 0.321 e. The zero-order valence-corrected chi connectivity index (χ0v) is 17.8. The Bertz CT molecular complexity index is 1110. The summed E-state index contributed by atoms with van der Waals surface area (Å²) in [6.45, 7) is 2.50. The second-order valence-corrected chi connectivity index (χ2v) is 7.20. The summed E-state index contributed by atoms with van der Waals surface area (Å²) in [6, 6.07) is 14.4. The monoisotopic (exact) mass is 423 g/mol. The first-order valence-electron chi connectivity index (χ1n) is 10.2. The van der Waals surface area contributed by atoms with Crippen LogP contribution in [0.1, 0.15) is 18.5 Å². The van der Waals surface area contributed by atoms with Crippen LogP contribution in [0, 0.1) is 5.92 Å². The van der Waals surface area contributed by atoms with Gasteiger partial charge in [-0.1, -0.05) is 24.3 Å². The molecular formula is C23H25N3O5. The molecule has 0 unspecified atom stereocenters. The van der Waals surface area contributed by atoms with Gasteiger partial charge in [-0.25, -0.2) is 4.98 Å². The van der Waals surface area contributed by atoms with Crippen LogP contribution in [0.15, 0.2) is 48.5 Å². The van der Waals surface area contributed by atoms with Gasteiger partial charge >= 0.3 is 5.97 Å². The van der Waals surface area contributed by atoms with Crippen LogP contribution in [0.4, 0.5) is 5.95 Å². The lowest BCUT2D eigenvalue weighted by molar-refractivity contribution is -0.153. The van der Waals surface area contributed by atoms with Crippen LogP contribution in [-0.2, 0) is 19.1 Å². The highest BCUT2D eigenvalue weighted by molar-refractivity contribution is 6.08. The molecule has 1 aliphatic heterocycles. The number of methoxy groups -OCH3 is 2. The Labute approximate surface area is 180 Å². The molecule has 0 radical (unpaired) electrons. The van der Waals surface area contributed by atoms with E-state index in [0.29, 0.717) is 18.3 Å². The first-order chi connectivity index (χ1) is 15.1. The lowest BCUT2D eigenvalue weighted by atomic mass is 9.89. The van der Waals surface area contributed by atoms with Crippen LogP contribution in [-0.4, -0.2) is 55.4 Å². The minimum atomic E-state index is -1.06. The van der Waals surface area contributed by atoms with Crippen molar-refractivity contribution < 1.29 is 23.8 Å². The van der Waals surface area contributed by atoms with Gasteiger partial charge in [0, 0.05) is 7.11 Å². The number of carbonyl (C=O) groups excluding carboxylic acids is 2. The number of fused-ring (bicyclic) bond motifs is 3. The maximum absolute atomic E-state index is 13.6. The van der Waals surface area contributed by atoms with Crippen molar-refractivity contribution >= 4 is 28.9 Å². The van der Waals surface area contributed by atoms with E-state index in [1.807, 2.05) is 53.1 Å². The molecule has 2 heterocycles. The smallest absolute Gasteiger partial charge is 0.321 e. The summed E-state index contributed by atoms with van der Waals surface area (Å²) in [4.78, 5) is 32.9. The fourth-order valence-corrected chi connectivity index (χ4v) is 4.07. The largest absolute Gasteiger partial charge is 0.497 e. The minimum Gasteiger partial charge on any atom is -0.497 e. The van der Waals surface area contributed by atoms with Gasteiger partial charge in [0.05, 0.1) is 43.9 Å². The van der Waals surface area contributed by atoms with Crippen LogP contribution < -0.4 is 9.64 Å². The fourth-order valence-electron chi connectivity index (χ4n) is 4.07. The summed E-state index contributed by atoms with van der Waals surface area (Å²) in [5, 5.41) is 0. The molecule has 0 saturated carbocycles. The molecule has 0 aliphatic carbocycles. The average molecular weight is 423 g/mol. The molecule has 0 spiro atoms. The third kappa shape index (κ3) is 3.63. The van der Waals surface area contributed by atoms with Gasteiger partial charge in [-0.3, -0.25) is 14.5 Å². The quantitative estimate of drug-likeness (QED) is 0.429. The van der Waals surface area contributed by atoms with Crippen LogP contribution >= 0.6 is 0 Å². The number of anilines is 1. The van der Waals surface area contributed by atoms with Gasteiger partial charge in [-0.2, -0.15) is 0 Å². The minimum absolute atomic E-state index is 0.184. The first-order valence-corrected chi connectivity index (χ1v) is 10.2. The van der Waals surface area contributed by atoms with E-state index in [4.69, 9.17) is 19.2 Å². The molecule has 3 aromatic rings. The number of rotatable bonds is 7. The van der Waals surface area contributed by atoms with Gasteiger partial charge in [0.25, 0.3) is 0 Å². The van der Waals surface area contributed by atoms with E-state index >= 15 is 0 Å². The van der Waals surface area contributed by atoms with E-state index in [9.17, 15) is 9.59 Å². The SMILES string of the molecule is CCOC(=O)[C@@H]1C(=O)N(CCOC)c2nc3ccccc3n2[C@H]1c1cccc(OC)c1. The lowest BCUT2D eigenvalue weighted by Crippen LogP contribution is -2.51. The Hall–Kier alpha value is -3.39. The fraction of sp³-hybridized carbons (Fsp3) is 0.348. The van der Waals surface area contributed by atoms with Crippen LogP contribution in [0.5, 0.6) is 5.75 Å². The summed E-state index contributed by atoms with van der Waals surface area (Å²) < 4.78 is 17.9. The van der Waals surface area contributed by atoms with Crippen LogP contribution in [0.3, 0.4) is 0 Å². The molecule has 8 nitrogen and oxygen atoms in total. The molecule has 1 aliphatic rings. The number of nitrogens with zero attached hydrogens (tertiary/aromatic N) is 3. The van der Waals surface area contributed by atoms with Crippen molar-refractivity contribution in [1.82, 2.24) is 9.55 Å². The van der Waals surface area contributed by atoms with Crippen molar-refractivity contribution in [2.45, 2.75) is 13.0 Å². The van der Waals surface area contributed by atoms with E-state index in [2.05, 4.69) is 0 Å². The Kier molecular flexibility index (Phi) is 5.90. The summed E-state index contributed by atoms with van der Waals surface area (Å²) >= 11 is 0. The van der Waals surface area contributed by atoms with Crippen molar-refractivity contribution in [3.05, 3.63) is 54.1 Å². The number of hydrogen-bond acceptors (Lipinski definition) is 6. The normalized spacial score (nSPS) is 18.2. The molecule has 0 fully saturated rings. The van der Waals surface area contributed by atoms with Crippen molar-refractivity contribution in [3.63, 3.8) is 0 Å². The number of aromatic nitrogens is 2. The maximum atomic E-state index is 13.6. The third-order valence-corrected chi connectivity index (χ3v) is 5.44. The molecule has 162 valence electrons. The van der Waals surface area contributed by atoms with E-state index in [0.717, 1.165) is 16.6 Å². The van der Waals surface area contributed by atoms with Gasteiger partial charge in [-0.15, -0.1) is 0 Å². The van der Waals surface area contributed by atoms with Crippen molar-refractivity contribution in [1.29, 1.82) is 0 Å². The first kappa shape index (κ1) is 20.9. The number of para-hydroxylation sites is 2. The van der Waals surface area contributed by atoms with E-state index in [1.54, 1.807) is 21.1 Å². The van der Waals surface area contributed by atoms with E-state index < -0.39 is 17.9 Å². The molecule has 0 N–H and O–H groups in total. The zero-order chi connectivity index (χ0) is 22.0. The molecule has 0 saturated heterocycles. The zero-order valence-electron chi connectivity index (χ0n) is 17.8. The number of amides is 1. The number of hydrogen-bond donors (Lipinski definition) is 0. The second-order valence-electron chi connectivity index (χ2n) is 7.20. The molecule has 4 rings (SSSR count). The number of carbonyl (C=O) groups is 2. The molecular weight excluding hydrogens is 398 g/mol. The van der Waals surface area contributed by atoms with Gasteiger partial charge in [0.2, 0.25) is 11.9 Å². The average Bonchev–Trinajstić information content (AvgIpc) is 3.17. The molecule has 31 heavy (non-hydrogen) atoms. The summed E-state index contributed by atoms with van der Waals surface area (Å²) in [5.74, 6) is -0.858. The molecule has 1 amide bonds. The topological polar surface area (TPSA) is 82.9 Å². The summed E-state index contributed by atoms with van der Waals surface area (Å²) in [5.41, 5.74) is 2.33. The third-order valence-electron chi connectivity index (χ3n) is 5.44. The predicted octanol–water partition coefficient (Wildman–Crippen LogP) is 2.81. The van der Waals surface area contributed by atoms with E-state index in [-0.39, 0.29) is 19.1 Å².